The molecule has 1 saturated carbocycles. The third-order valence-corrected chi connectivity index (χ3v) is 7.61. The van der Waals surface area contributed by atoms with Crippen molar-refractivity contribution in [2.45, 2.75) is 57.0 Å². The molecule has 9 heteroatoms. The standard InChI is InChI=1S/C32H33F2N2O5/c1-21(2)19-32(39)11-13-36(14-12-32)30(38)35-24-16-26(18-27(17-24)41-29-8-5-23(33)15-28(29)34)40-25-6-3-22(4-7-25)31(20-37)9-10-31/h3-8,15-18,21,39H,9-14,19H2,1-2H3,(H,35,38). The maximum Gasteiger partial charge on any atom is 0.321 e. The maximum absolute atomic E-state index is 14.3. The topological polar surface area (TPSA) is 88.1 Å². The molecule has 2 N–H and O–H groups in total. The van der Waals surface area contributed by atoms with Gasteiger partial charge in [-0.3, -0.25) is 4.79 Å². The average molecular weight is 564 g/mol. The van der Waals surface area contributed by atoms with Crippen LogP contribution in [-0.4, -0.2) is 41.0 Å². The predicted molar refractivity (Wildman–Crippen MR) is 150 cm³/mol. The summed E-state index contributed by atoms with van der Waals surface area (Å²) in [7, 11) is 0. The van der Waals surface area contributed by atoms with E-state index in [4.69, 9.17) is 9.47 Å². The van der Waals surface area contributed by atoms with E-state index in [0.717, 1.165) is 30.5 Å². The number of amides is 2. The van der Waals surface area contributed by atoms with Crippen LogP contribution < -0.4 is 14.8 Å². The van der Waals surface area contributed by atoms with Gasteiger partial charge < -0.3 is 24.8 Å². The van der Waals surface area contributed by atoms with Crippen LogP contribution >= 0.6 is 0 Å². The molecule has 0 spiro atoms. The zero-order chi connectivity index (χ0) is 29.2. The van der Waals surface area contributed by atoms with Gasteiger partial charge in [0.15, 0.2) is 11.6 Å². The van der Waals surface area contributed by atoms with Gasteiger partial charge in [0.25, 0.3) is 0 Å². The molecule has 1 heterocycles. The Morgan fingerprint density at radius 1 is 0.951 bits per heavy atom. The number of carbonyl (C=O) groups excluding carboxylic acids is 2. The summed E-state index contributed by atoms with van der Waals surface area (Å²) in [6, 6.07) is 14.4. The van der Waals surface area contributed by atoms with Gasteiger partial charge in [0.05, 0.1) is 11.0 Å². The normalized spacial score (nSPS) is 17.2. The van der Waals surface area contributed by atoms with Gasteiger partial charge in [0, 0.05) is 43.0 Å². The fraction of sp³-hybridized carbons (Fsp3) is 0.375. The SMILES string of the molecule is CC(C)CC1(O)CCN(C(=O)Nc2cc(Oc3ccc(C4([C]=O)CC4)cc3)cc(Oc3ccc(F)cc3F)c2)CC1. The first kappa shape index (κ1) is 28.5. The molecule has 41 heavy (non-hydrogen) atoms. The molecule has 215 valence electrons. The summed E-state index contributed by atoms with van der Waals surface area (Å²) in [5.41, 5.74) is -0.0881. The Balaban J connectivity index is 1.34. The number of piperidine rings is 1. The van der Waals surface area contributed by atoms with Crippen LogP contribution in [0.4, 0.5) is 19.3 Å². The van der Waals surface area contributed by atoms with E-state index in [0.29, 0.717) is 55.5 Å². The van der Waals surface area contributed by atoms with Crippen molar-refractivity contribution in [2.75, 3.05) is 18.4 Å². The van der Waals surface area contributed by atoms with E-state index in [1.807, 2.05) is 12.1 Å². The van der Waals surface area contributed by atoms with Crippen LogP contribution in [0, 0.1) is 17.6 Å². The number of benzene rings is 3. The number of hydrogen-bond donors (Lipinski definition) is 2. The maximum atomic E-state index is 14.3. The van der Waals surface area contributed by atoms with Crippen molar-refractivity contribution in [2.24, 2.45) is 5.92 Å². The van der Waals surface area contributed by atoms with E-state index in [2.05, 4.69) is 25.5 Å². The Kier molecular flexibility index (Phi) is 8.00. The van der Waals surface area contributed by atoms with Gasteiger partial charge in [-0.15, -0.1) is 0 Å². The molecule has 2 amide bonds. The van der Waals surface area contributed by atoms with E-state index in [9.17, 15) is 23.5 Å². The van der Waals surface area contributed by atoms with Gasteiger partial charge in [-0.05, 0) is 67.9 Å². The second-order valence-electron chi connectivity index (χ2n) is 11.4. The van der Waals surface area contributed by atoms with E-state index < -0.39 is 22.7 Å². The highest BCUT2D eigenvalue weighted by atomic mass is 19.1. The number of anilines is 1. The molecule has 0 aromatic heterocycles. The van der Waals surface area contributed by atoms with Crippen LogP contribution in [-0.2, 0) is 10.2 Å². The monoisotopic (exact) mass is 563 g/mol. The second kappa shape index (κ2) is 11.5. The Hall–Kier alpha value is -3.98. The summed E-state index contributed by atoms with van der Waals surface area (Å²) in [5.74, 6) is -0.491. The highest BCUT2D eigenvalue weighted by molar-refractivity contribution is 5.90. The predicted octanol–water partition coefficient (Wildman–Crippen LogP) is 7.10. The number of urea groups is 1. The molecule has 1 aliphatic heterocycles. The minimum absolute atomic E-state index is 0.164. The molecule has 7 nitrogen and oxygen atoms in total. The second-order valence-corrected chi connectivity index (χ2v) is 11.4. The molecule has 3 aromatic rings. The molecule has 0 atom stereocenters. The first-order valence-corrected chi connectivity index (χ1v) is 13.8. The highest BCUT2D eigenvalue weighted by Gasteiger charge is 2.45. The van der Waals surface area contributed by atoms with Crippen molar-refractivity contribution < 1.29 is 33.0 Å². The van der Waals surface area contributed by atoms with E-state index in [-0.39, 0.29) is 17.5 Å². The minimum atomic E-state index is -0.874. The summed E-state index contributed by atoms with van der Waals surface area (Å²) in [6.45, 7) is 4.93. The molecule has 2 fully saturated rings. The third-order valence-electron chi connectivity index (χ3n) is 7.61. The Bertz CT molecular complexity index is 1410. The minimum Gasteiger partial charge on any atom is -0.457 e. The zero-order valence-corrected chi connectivity index (χ0v) is 23.1. The average Bonchev–Trinajstić information content (AvgIpc) is 3.72. The number of carbonyl (C=O) groups is 1. The van der Waals surface area contributed by atoms with Crippen LogP contribution in [0.1, 0.15) is 51.5 Å². The van der Waals surface area contributed by atoms with Crippen LogP contribution in [0.2, 0.25) is 0 Å². The summed E-state index contributed by atoms with van der Waals surface area (Å²) in [5, 5.41) is 13.7. The van der Waals surface area contributed by atoms with E-state index >= 15 is 0 Å². The van der Waals surface area contributed by atoms with Gasteiger partial charge in [-0.1, -0.05) is 26.0 Å². The highest BCUT2D eigenvalue weighted by Crippen LogP contribution is 2.46. The third kappa shape index (κ3) is 6.85. The molecular weight excluding hydrogens is 530 g/mol. The molecule has 1 saturated heterocycles. The number of hydrogen-bond acceptors (Lipinski definition) is 5. The van der Waals surface area contributed by atoms with Gasteiger partial charge in [-0.2, -0.15) is 0 Å². The molecule has 0 bridgehead atoms. The fourth-order valence-electron chi connectivity index (χ4n) is 5.29. The largest absolute Gasteiger partial charge is 0.457 e. The fourth-order valence-corrected chi connectivity index (χ4v) is 5.29. The molecule has 2 aliphatic rings. The number of nitrogens with one attached hydrogen (secondary N) is 1. The van der Waals surface area contributed by atoms with E-state index in [1.165, 1.54) is 18.2 Å². The number of ether oxygens (including phenoxy) is 2. The Morgan fingerprint density at radius 3 is 2.20 bits per heavy atom. The molecule has 1 aliphatic carbocycles. The smallest absolute Gasteiger partial charge is 0.321 e. The summed E-state index contributed by atoms with van der Waals surface area (Å²) in [4.78, 5) is 26.1. The Labute approximate surface area is 238 Å². The van der Waals surface area contributed by atoms with Gasteiger partial charge in [0.1, 0.15) is 23.1 Å². The molecular formula is C32H33F2N2O5. The van der Waals surface area contributed by atoms with Crippen LogP contribution in [0.3, 0.4) is 0 Å². The van der Waals surface area contributed by atoms with Crippen molar-refractivity contribution >= 4 is 18.0 Å². The van der Waals surface area contributed by atoms with Crippen molar-refractivity contribution in [3.63, 3.8) is 0 Å². The molecule has 0 unspecified atom stereocenters. The number of nitrogens with zero attached hydrogens (tertiary/aromatic N) is 1. The molecule has 5 rings (SSSR count). The molecule has 1 radical (unpaired) electrons. The number of halogens is 2. The lowest BCUT2D eigenvalue weighted by molar-refractivity contribution is -0.0268. The number of aliphatic hydroxyl groups is 1. The van der Waals surface area contributed by atoms with Crippen molar-refractivity contribution in [3.05, 3.63) is 77.9 Å². The lowest BCUT2D eigenvalue weighted by atomic mass is 9.84. The lowest BCUT2D eigenvalue weighted by Crippen LogP contribution is -2.48. The number of likely N-dealkylation sites (tertiary alicyclic amines) is 1. The zero-order valence-electron chi connectivity index (χ0n) is 23.1. The molecule has 3 aromatic carbocycles. The summed E-state index contributed by atoms with van der Waals surface area (Å²) < 4.78 is 39.5. The quantitative estimate of drug-likeness (QED) is 0.290. The first-order valence-electron chi connectivity index (χ1n) is 13.8. The number of rotatable bonds is 9. The Morgan fingerprint density at radius 2 is 1.61 bits per heavy atom. The summed E-state index contributed by atoms with van der Waals surface area (Å²) in [6.07, 6.45) is 5.31. The van der Waals surface area contributed by atoms with Gasteiger partial charge in [0.2, 0.25) is 6.29 Å². The van der Waals surface area contributed by atoms with Gasteiger partial charge in [-0.25, -0.2) is 13.6 Å². The van der Waals surface area contributed by atoms with Crippen molar-refractivity contribution in [1.29, 1.82) is 0 Å². The van der Waals surface area contributed by atoms with Crippen molar-refractivity contribution in [3.8, 4) is 23.0 Å². The first-order chi connectivity index (χ1) is 19.6. The van der Waals surface area contributed by atoms with Crippen LogP contribution in [0.25, 0.3) is 0 Å². The van der Waals surface area contributed by atoms with Crippen LogP contribution in [0.15, 0.2) is 60.7 Å². The lowest BCUT2D eigenvalue weighted by Gasteiger charge is -2.39. The van der Waals surface area contributed by atoms with E-state index in [1.54, 1.807) is 23.1 Å². The van der Waals surface area contributed by atoms with Crippen LogP contribution in [0.5, 0.6) is 23.0 Å². The van der Waals surface area contributed by atoms with Gasteiger partial charge >= 0.3 is 6.03 Å². The summed E-state index contributed by atoms with van der Waals surface area (Å²) >= 11 is 0. The van der Waals surface area contributed by atoms with Crippen molar-refractivity contribution in [1.82, 2.24) is 4.90 Å².